The molecule has 154 valence electrons. The van der Waals surface area contributed by atoms with E-state index in [1.165, 1.54) is 14.2 Å². The molecule has 0 bridgehead atoms. The van der Waals surface area contributed by atoms with Crippen LogP contribution in [0.1, 0.15) is 41.0 Å². The summed E-state index contributed by atoms with van der Waals surface area (Å²) in [6.45, 7) is 9.39. The number of fused-ring (bicyclic) bond motifs is 1. The Labute approximate surface area is 166 Å². The van der Waals surface area contributed by atoms with E-state index in [1.54, 1.807) is 33.9 Å². The summed E-state index contributed by atoms with van der Waals surface area (Å²) in [5, 5.41) is 1.31. The number of carbonyl (C=O) groups excluding carboxylic acids is 1. The fraction of sp³-hybridized carbons (Fsp3) is 0.500. The number of hydrogen-bond donors (Lipinski definition) is 0. The zero-order valence-electron chi connectivity index (χ0n) is 18.0. The van der Waals surface area contributed by atoms with Crippen LogP contribution in [0.2, 0.25) is 0 Å². The average Bonchev–Trinajstić information content (AvgIpc) is 2.67. The Balaban J connectivity index is 2.90. The third-order valence-electron chi connectivity index (χ3n) is 4.45. The molecule has 2 aromatic rings. The van der Waals surface area contributed by atoms with Crippen LogP contribution in [-0.4, -0.2) is 33.4 Å². The molecule has 0 aliphatic rings. The summed E-state index contributed by atoms with van der Waals surface area (Å²) in [6.07, 6.45) is 0.772. The Bertz CT molecular complexity index is 850. The molecule has 0 saturated carbocycles. The van der Waals surface area contributed by atoms with Crippen molar-refractivity contribution in [2.45, 2.75) is 47.1 Å². The molecular formula is C22H30O6. The van der Waals surface area contributed by atoms with Crippen LogP contribution >= 0.6 is 0 Å². The largest absolute Gasteiger partial charge is 0.496 e. The van der Waals surface area contributed by atoms with Crippen molar-refractivity contribution >= 4 is 16.7 Å². The highest BCUT2D eigenvalue weighted by molar-refractivity contribution is 6.03. The molecular weight excluding hydrogens is 360 g/mol. The van der Waals surface area contributed by atoms with Crippen LogP contribution in [0.15, 0.2) is 18.2 Å². The molecule has 0 fully saturated rings. The summed E-state index contributed by atoms with van der Waals surface area (Å²) >= 11 is 0. The molecule has 0 radical (unpaired) electrons. The average molecular weight is 390 g/mol. The van der Waals surface area contributed by atoms with Gasteiger partial charge in [-0.3, -0.25) is 4.79 Å². The summed E-state index contributed by atoms with van der Waals surface area (Å²) in [4.78, 5) is 12.7. The predicted molar refractivity (Wildman–Crippen MR) is 109 cm³/mol. The highest BCUT2D eigenvalue weighted by Crippen LogP contribution is 2.54. The first kappa shape index (κ1) is 21.7. The van der Waals surface area contributed by atoms with Crippen molar-refractivity contribution in [3.05, 3.63) is 18.2 Å². The molecule has 6 nitrogen and oxygen atoms in total. The van der Waals surface area contributed by atoms with E-state index in [4.69, 9.17) is 23.7 Å². The van der Waals surface area contributed by atoms with Gasteiger partial charge in [0.25, 0.3) is 0 Å². The van der Waals surface area contributed by atoms with Gasteiger partial charge in [0.2, 0.25) is 11.5 Å². The molecule has 0 aromatic heterocycles. The van der Waals surface area contributed by atoms with Crippen molar-refractivity contribution in [1.29, 1.82) is 0 Å². The quantitative estimate of drug-likeness (QED) is 0.490. The van der Waals surface area contributed by atoms with Crippen molar-refractivity contribution in [3.8, 4) is 28.7 Å². The Kier molecular flexibility index (Phi) is 6.65. The van der Waals surface area contributed by atoms with Gasteiger partial charge in [0.15, 0.2) is 11.5 Å². The van der Waals surface area contributed by atoms with E-state index >= 15 is 0 Å². The van der Waals surface area contributed by atoms with Gasteiger partial charge in [-0.2, -0.15) is 0 Å². The van der Waals surface area contributed by atoms with Gasteiger partial charge in [-0.05, 0) is 40.2 Å². The zero-order valence-corrected chi connectivity index (χ0v) is 18.0. The summed E-state index contributed by atoms with van der Waals surface area (Å²) in [7, 11) is 4.60. The Morgan fingerprint density at radius 2 is 1.57 bits per heavy atom. The monoisotopic (exact) mass is 390 g/mol. The van der Waals surface area contributed by atoms with Gasteiger partial charge in [0.05, 0.1) is 38.2 Å². The minimum absolute atomic E-state index is 0.0454. The van der Waals surface area contributed by atoms with E-state index < -0.39 is 11.4 Å². The van der Waals surface area contributed by atoms with Crippen molar-refractivity contribution in [1.82, 2.24) is 0 Å². The molecule has 0 spiro atoms. The van der Waals surface area contributed by atoms with E-state index in [2.05, 4.69) is 0 Å². The minimum atomic E-state index is -0.696. The highest BCUT2D eigenvalue weighted by atomic mass is 16.6. The maximum Gasteiger partial charge on any atom is 0.316 e. The van der Waals surface area contributed by atoms with E-state index in [0.717, 1.165) is 6.42 Å². The van der Waals surface area contributed by atoms with Gasteiger partial charge < -0.3 is 23.7 Å². The fourth-order valence-corrected chi connectivity index (χ4v) is 2.68. The lowest BCUT2D eigenvalue weighted by Crippen LogP contribution is -2.26. The molecule has 28 heavy (non-hydrogen) atoms. The lowest BCUT2D eigenvalue weighted by atomic mass is 9.97. The number of hydrogen-bond acceptors (Lipinski definition) is 6. The van der Waals surface area contributed by atoms with Gasteiger partial charge in [-0.1, -0.05) is 19.1 Å². The molecule has 0 aliphatic heterocycles. The van der Waals surface area contributed by atoms with E-state index in [0.29, 0.717) is 28.0 Å². The second-order valence-electron chi connectivity index (χ2n) is 7.58. The predicted octanol–water partition coefficient (Wildman–Crippen LogP) is 4.99. The molecule has 2 aromatic carbocycles. The number of benzene rings is 2. The van der Waals surface area contributed by atoms with E-state index in [9.17, 15) is 4.79 Å². The van der Waals surface area contributed by atoms with Gasteiger partial charge in [0.1, 0.15) is 5.75 Å². The second kappa shape index (κ2) is 8.59. The van der Waals surface area contributed by atoms with Gasteiger partial charge in [-0.15, -0.1) is 0 Å². The highest BCUT2D eigenvalue weighted by Gasteiger charge is 2.31. The molecule has 0 heterocycles. The second-order valence-corrected chi connectivity index (χ2v) is 7.58. The minimum Gasteiger partial charge on any atom is -0.496 e. The molecule has 0 saturated heterocycles. The molecule has 0 aliphatic carbocycles. The third kappa shape index (κ3) is 4.11. The van der Waals surface area contributed by atoms with Crippen LogP contribution in [0.4, 0.5) is 0 Å². The smallest absolute Gasteiger partial charge is 0.316 e. The first-order chi connectivity index (χ1) is 13.2. The van der Waals surface area contributed by atoms with Crippen LogP contribution in [-0.2, 0) is 4.79 Å². The number of ether oxygens (including phenoxy) is 5. The van der Waals surface area contributed by atoms with E-state index in [1.807, 2.05) is 26.0 Å². The van der Waals surface area contributed by atoms with Crippen molar-refractivity contribution in [2.75, 3.05) is 21.3 Å². The lowest BCUT2D eigenvalue weighted by Gasteiger charge is -2.24. The molecule has 0 amide bonds. The number of methoxy groups -OCH3 is 3. The van der Waals surface area contributed by atoms with Crippen LogP contribution in [0.25, 0.3) is 10.8 Å². The lowest BCUT2D eigenvalue weighted by molar-refractivity contribution is -0.143. The first-order valence-corrected chi connectivity index (χ1v) is 9.33. The summed E-state index contributed by atoms with van der Waals surface area (Å²) in [5.74, 6) is 1.59. The summed E-state index contributed by atoms with van der Waals surface area (Å²) in [5.41, 5.74) is -0.696. The molecule has 0 N–H and O–H groups in total. The first-order valence-electron chi connectivity index (χ1n) is 9.33. The molecule has 1 atom stereocenters. The Hall–Kier alpha value is -2.63. The topological polar surface area (TPSA) is 63.2 Å². The zero-order chi connectivity index (χ0) is 21.1. The van der Waals surface area contributed by atoms with E-state index in [-0.39, 0.29) is 17.6 Å². The molecule has 6 heteroatoms. The standard InChI is InChI=1S/C22H30O6/c1-9-13(2)27-17-14-11-10-12-15(24-6)16(14)18(20(26-8)19(17)25-7)28-21(23)22(3,4)5/h10-13H,9H2,1-8H3. The van der Waals surface area contributed by atoms with Crippen LogP contribution in [0.3, 0.4) is 0 Å². The number of carbonyl (C=O) groups is 1. The number of esters is 1. The SMILES string of the molecule is CCC(C)Oc1c(OC)c(OC)c(OC(=O)C(C)(C)C)c2c(OC)cccc12. The maximum atomic E-state index is 12.7. The van der Waals surface area contributed by atoms with Gasteiger partial charge in [0, 0.05) is 5.39 Å². The van der Waals surface area contributed by atoms with Crippen LogP contribution in [0, 0.1) is 5.41 Å². The van der Waals surface area contributed by atoms with Crippen molar-refractivity contribution in [3.63, 3.8) is 0 Å². The number of rotatable bonds is 7. The normalized spacial score (nSPS) is 12.4. The van der Waals surface area contributed by atoms with Gasteiger partial charge >= 0.3 is 5.97 Å². The Morgan fingerprint density at radius 1 is 0.964 bits per heavy atom. The van der Waals surface area contributed by atoms with Crippen molar-refractivity contribution in [2.24, 2.45) is 5.41 Å². The fourth-order valence-electron chi connectivity index (χ4n) is 2.68. The maximum absolute atomic E-state index is 12.7. The molecule has 1 unspecified atom stereocenters. The summed E-state index contributed by atoms with van der Waals surface area (Å²) < 4.78 is 28.8. The van der Waals surface area contributed by atoms with Gasteiger partial charge in [-0.25, -0.2) is 0 Å². The third-order valence-corrected chi connectivity index (χ3v) is 4.45. The Morgan fingerprint density at radius 3 is 2.07 bits per heavy atom. The molecule has 2 rings (SSSR count). The van der Waals surface area contributed by atoms with Crippen LogP contribution in [0.5, 0.6) is 28.7 Å². The van der Waals surface area contributed by atoms with Crippen LogP contribution < -0.4 is 23.7 Å². The van der Waals surface area contributed by atoms with Crippen molar-refractivity contribution < 1.29 is 28.5 Å². The summed E-state index contributed by atoms with van der Waals surface area (Å²) in [6, 6.07) is 5.54.